The van der Waals surface area contributed by atoms with Gasteiger partial charge in [0.25, 0.3) is 5.92 Å². The summed E-state index contributed by atoms with van der Waals surface area (Å²) in [5, 5.41) is 3.20. The number of aryl methyl sites for hydroxylation is 1. The standard InChI is InChI=1S/C23H23F2N3OS/c1-13-12-30-18-10-9-16(11-17(13)18)22(2)19(20(29)28(4)21(26)27-22)14-5-7-15(8-6-14)23(3,24)25/h5-12,19H,1-4H3,(H2,26,27)/t19-,22+/m0/s1. The average Bonchev–Trinajstić information content (AvgIpc) is 3.06. The van der Waals surface area contributed by atoms with Crippen molar-refractivity contribution in [3.05, 3.63) is 70.1 Å². The van der Waals surface area contributed by atoms with Crippen LogP contribution < -0.4 is 5.73 Å². The van der Waals surface area contributed by atoms with E-state index >= 15 is 0 Å². The molecule has 2 heterocycles. The molecule has 0 unspecified atom stereocenters. The number of hydrogen-bond acceptors (Lipinski definition) is 4. The second kappa shape index (κ2) is 6.87. The van der Waals surface area contributed by atoms with E-state index in [1.165, 1.54) is 17.0 Å². The zero-order valence-corrected chi connectivity index (χ0v) is 18.1. The van der Waals surface area contributed by atoms with Gasteiger partial charge in [-0.05, 0) is 53.4 Å². The van der Waals surface area contributed by atoms with Crippen molar-refractivity contribution in [2.24, 2.45) is 10.7 Å². The molecule has 4 rings (SSSR count). The molecule has 1 aliphatic rings. The lowest BCUT2D eigenvalue weighted by molar-refractivity contribution is -0.130. The molecule has 0 fully saturated rings. The van der Waals surface area contributed by atoms with Gasteiger partial charge in [-0.15, -0.1) is 11.3 Å². The lowest BCUT2D eigenvalue weighted by Gasteiger charge is -2.41. The Morgan fingerprint density at radius 1 is 1.20 bits per heavy atom. The van der Waals surface area contributed by atoms with Gasteiger partial charge in [0.05, 0.1) is 5.92 Å². The maximum absolute atomic E-state index is 13.7. The number of guanidine groups is 1. The Morgan fingerprint density at radius 3 is 2.50 bits per heavy atom. The van der Waals surface area contributed by atoms with E-state index in [0.29, 0.717) is 5.56 Å². The van der Waals surface area contributed by atoms with Gasteiger partial charge in [0.1, 0.15) is 5.54 Å². The summed E-state index contributed by atoms with van der Waals surface area (Å²) in [4.78, 5) is 19.3. The minimum atomic E-state index is -2.95. The molecule has 4 nitrogen and oxygen atoms in total. The Kier molecular flexibility index (Phi) is 4.69. The van der Waals surface area contributed by atoms with Gasteiger partial charge >= 0.3 is 0 Å². The molecular formula is C23H23F2N3OS. The third-order valence-electron chi connectivity index (χ3n) is 5.93. The van der Waals surface area contributed by atoms with Crippen LogP contribution in [0.2, 0.25) is 0 Å². The van der Waals surface area contributed by atoms with E-state index in [2.05, 4.69) is 11.4 Å². The van der Waals surface area contributed by atoms with E-state index in [-0.39, 0.29) is 17.4 Å². The van der Waals surface area contributed by atoms with E-state index in [1.807, 2.05) is 26.0 Å². The van der Waals surface area contributed by atoms with Gasteiger partial charge in [0.2, 0.25) is 5.91 Å². The minimum absolute atomic E-state index is 0.0945. The summed E-state index contributed by atoms with van der Waals surface area (Å²) in [5.74, 6) is -3.72. The van der Waals surface area contributed by atoms with Gasteiger partial charge in [-0.2, -0.15) is 0 Å². The molecule has 0 bridgehead atoms. The second-order valence-electron chi connectivity index (χ2n) is 8.09. The molecule has 3 aromatic rings. The summed E-state index contributed by atoms with van der Waals surface area (Å²) in [6, 6.07) is 12.0. The first-order valence-corrected chi connectivity index (χ1v) is 10.5. The Hall–Kier alpha value is -2.80. The number of hydrogen-bond donors (Lipinski definition) is 1. The lowest BCUT2D eigenvalue weighted by Crippen LogP contribution is -2.52. The Morgan fingerprint density at radius 2 is 1.87 bits per heavy atom. The molecule has 0 saturated heterocycles. The number of fused-ring (bicyclic) bond motifs is 1. The Labute approximate surface area is 178 Å². The minimum Gasteiger partial charge on any atom is -0.369 e. The SMILES string of the molecule is Cc1csc2ccc([C@@]3(C)N=C(N)N(C)C(=O)[C@@H]3c3ccc(C(C)(F)F)cc3)cc12. The average molecular weight is 428 g/mol. The molecule has 156 valence electrons. The van der Waals surface area contributed by atoms with Crippen LogP contribution in [0, 0.1) is 6.92 Å². The molecule has 0 radical (unpaired) electrons. The number of rotatable bonds is 3. The van der Waals surface area contributed by atoms with Crippen molar-refractivity contribution in [2.45, 2.75) is 38.2 Å². The van der Waals surface area contributed by atoms with Crippen molar-refractivity contribution < 1.29 is 13.6 Å². The maximum atomic E-state index is 13.7. The molecule has 1 amide bonds. The van der Waals surface area contributed by atoms with Crippen molar-refractivity contribution in [2.75, 3.05) is 7.05 Å². The molecule has 2 N–H and O–H groups in total. The van der Waals surface area contributed by atoms with Gasteiger partial charge in [0.15, 0.2) is 5.96 Å². The fraction of sp³-hybridized carbons (Fsp3) is 0.304. The number of benzene rings is 2. The quantitative estimate of drug-likeness (QED) is 0.632. The summed E-state index contributed by atoms with van der Waals surface area (Å²) in [6.07, 6.45) is 0. The van der Waals surface area contributed by atoms with Crippen LogP contribution in [0.3, 0.4) is 0 Å². The van der Waals surface area contributed by atoms with Crippen LogP contribution in [0.4, 0.5) is 8.78 Å². The van der Waals surface area contributed by atoms with Crippen LogP contribution in [0.1, 0.15) is 42.0 Å². The van der Waals surface area contributed by atoms with Crippen LogP contribution in [-0.2, 0) is 16.3 Å². The highest BCUT2D eigenvalue weighted by molar-refractivity contribution is 7.17. The van der Waals surface area contributed by atoms with Crippen molar-refractivity contribution in [1.29, 1.82) is 0 Å². The number of amides is 1. The summed E-state index contributed by atoms with van der Waals surface area (Å²) in [5.41, 5.74) is 7.66. The van der Waals surface area contributed by atoms with E-state index in [4.69, 9.17) is 10.7 Å². The number of carbonyl (C=O) groups is 1. The van der Waals surface area contributed by atoms with Crippen molar-refractivity contribution in [1.82, 2.24) is 4.90 Å². The van der Waals surface area contributed by atoms with Gasteiger partial charge in [-0.3, -0.25) is 9.69 Å². The number of carbonyl (C=O) groups excluding carboxylic acids is 1. The maximum Gasteiger partial charge on any atom is 0.270 e. The molecule has 2 aromatic carbocycles. The van der Waals surface area contributed by atoms with Crippen LogP contribution in [0.15, 0.2) is 52.8 Å². The number of halogens is 2. The summed E-state index contributed by atoms with van der Waals surface area (Å²) in [7, 11) is 1.58. The fourth-order valence-corrected chi connectivity index (χ4v) is 4.99. The van der Waals surface area contributed by atoms with Gasteiger partial charge in [-0.25, -0.2) is 13.8 Å². The number of likely N-dealkylation sites (N-methyl/N-ethyl adjacent to an activating group) is 1. The molecular weight excluding hydrogens is 404 g/mol. The largest absolute Gasteiger partial charge is 0.369 e. The third-order valence-corrected chi connectivity index (χ3v) is 7.01. The summed E-state index contributed by atoms with van der Waals surface area (Å²) >= 11 is 1.66. The summed E-state index contributed by atoms with van der Waals surface area (Å²) < 4.78 is 28.5. The molecule has 0 spiro atoms. The predicted octanol–water partition coefficient (Wildman–Crippen LogP) is 5.11. The van der Waals surface area contributed by atoms with Gasteiger partial charge in [0, 0.05) is 24.2 Å². The Balaban J connectivity index is 1.89. The highest BCUT2D eigenvalue weighted by Gasteiger charge is 2.47. The smallest absolute Gasteiger partial charge is 0.270 e. The second-order valence-corrected chi connectivity index (χ2v) is 9.00. The zero-order chi connectivity index (χ0) is 21.8. The van der Waals surface area contributed by atoms with Crippen LogP contribution in [-0.4, -0.2) is 23.8 Å². The molecule has 30 heavy (non-hydrogen) atoms. The molecule has 1 aromatic heterocycles. The Bertz CT molecular complexity index is 1160. The molecule has 0 saturated carbocycles. The van der Waals surface area contributed by atoms with E-state index < -0.39 is 17.4 Å². The van der Waals surface area contributed by atoms with Crippen molar-refractivity contribution in [3.8, 4) is 0 Å². The lowest BCUT2D eigenvalue weighted by atomic mass is 9.74. The number of thiophene rings is 1. The predicted molar refractivity (Wildman–Crippen MR) is 117 cm³/mol. The highest BCUT2D eigenvalue weighted by Crippen LogP contribution is 2.45. The topological polar surface area (TPSA) is 58.7 Å². The zero-order valence-electron chi connectivity index (χ0n) is 17.2. The normalized spacial score (nSPS) is 22.5. The first-order chi connectivity index (χ1) is 14.0. The molecule has 2 atom stereocenters. The first kappa shape index (κ1) is 20.5. The number of alkyl halides is 2. The van der Waals surface area contributed by atoms with Gasteiger partial charge < -0.3 is 5.73 Å². The third kappa shape index (κ3) is 3.17. The van der Waals surface area contributed by atoms with Crippen LogP contribution in [0.25, 0.3) is 10.1 Å². The molecule has 7 heteroatoms. The monoisotopic (exact) mass is 427 g/mol. The molecule has 0 aliphatic carbocycles. The van der Waals surface area contributed by atoms with E-state index in [9.17, 15) is 13.6 Å². The fourth-order valence-electron chi connectivity index (χ4n) is 4.06. The highest BCUT2D eigenvalue weighted by atomic mass is 32.1. The summed E-state index contributed by atoms with van der Waals surface area (Å²) in [6.45, 7) is 4.78. The van der Waals surface area contributed by atoms with Crippen LogP contribution in [0.5, 0.6) is 0 Å². The van der Waals surface area contributed by atoms with Crippen molar-refractivity contribution in [3.63, 3.8) is 0 Å². The van der Waals surface area contributed by atoms with E-state index in [0.717, 1.165) is 28.1 Å². The molecule has 1 aliphatic heterocycles. The first-order valence-electron chi connectivity index (χ1n) is 9.62. The number of aliphatic imine (C=N–C) groups is 1. The van der Waals surface area contributed by atoms with Crippen LogP contribution >= 0.6 is 11.3 Å². The van der Waals surface area contributed by atoms with E-state index in [1.54, 1.807) is 30.5 Å². The van der Waals surface area contributed by atoms with Crippen molar-refractivity contribution >= 4 is 33.3 Å². The van der Waals surface area contributed by atoms with Gasteiger partial charge in [-0.1, -0.05) is 30.3 Å². The number of nitrogens with two attached hydrogens (primary N) is 1. The number of nitrogens with zero attached hydrogens (tertiary/aromatic N) is 2.